The molecule has 1 amide bonds. The molecule has 0 aromatic rings. The summed E-state index contributed by atoms with van der Waals surface area (Å²) in [5.74, 6) is -0.808. The van der Waals surface area contributed by atoms with Gasteiger partial charge in [-0.25, -0.2) is 19.2 Å². The van der Waals surface area contributed by atoms with Gasteiger partial charge >= 0.3 is 0 Å². The molecule has 5 fully saturated rings. The molecule has 7 unspecified atom stereocenters. The summed E-state index contributed by atoms with van der Waals surface area (Å²) >= 11 is 0. The molecule has 5 aliphatic rings. The minimum absolute atomic E-state index is 0.186. The van der Waals surface area contributed by atoms with E-state index >= 15 is 4.39 Å². The van der Waals surface area contributed by atoms with Crippen molar-refractivity contribution in [2.75, 3.05) is 65.6 Å². The number of rotatable bonds is 4. The summed E-state index contributed by atoms with van der Waals surface area (Å²) in [6.45, 7) is 6.08. The van der Waals surface area contributed by atoms with Crippen LogP contribution in [-0.4, -0.2) is 129 Å². The number of carbonyl (C=O) groups excluding carboxylic acids is 1. The fourth-order valence-electron chi connectivity index (χ4n) is 5.96. The number of fused-ring (bicyclic) bond motifs is 1. The molecule has 5 aliphatic heterocycles. The highest BCUT2D eigenvalue weighted by molar-refractivity contribution is 5.81. The first kappa shape index (κ1) is 22.8. The van der Waals surface area contributed by atoms with E-state index in [9.17, 15) is 9.18 Å². The van der Waals surface area contributed by atoms with Crippen LogP contribution in [-0.2, 0) is 9.53 Å². The SMILES string of the molecule is NC1NN2CC(F)CNC2C1C(=O)NC1CNCC(F)C1N1CCN([C@H]2CCOC2)CC1. The number of nitrogens with zero attached hydrogens (tertiary/aromatic N) is 3. The molecule has 32 heavy (non-hydrogen) atoms. The van der Waals surface area contributed by atoms with E-state index in [-0.39, 0.29) is 43.8 Å². The summed E-state index contributed by atoms with van der Waals surface area (Å²) in [5, 5.41) is 10.9. The predicted octanol–water partition coefficient (Wildman–Crippen LogP) is -2.82. The van der Waals surface area contributed by atoms with Crippen LogP contribution in [0.5, 0.6) is 0 Å². The zero-order valence-corrected chi connectivity index (χ0v) is 18.4. The first-order valence-corrected chi connectivity index (χ1v) is 11.9. The average Bonchev–Trinajstić information content (AvgIpc) is 3.41. The van der Waals surface area contributed by atoms with Gasteiger partial charge in [0.1, 0.15) is 12.3 Å². The Labute approximate surface area is 187 Å². The fraction of sp³-hybridized carbons (Fsp3) is 0.950. The minimum atomic E-state index is -1.07. The summed E-state index contributed by atoms with van der Waals surface area (Å²) in [6.07, 6.45) is -2.01. The maximum absolute atomic E-state index is 15.1. The molecule has 0 aromatic carbocycles. The molecule has 5 heterocycles. The van der Waals surface area contributed by atoms with Crippen molar-refractivity contribution >= 4 is 5.91 Å². The van der Waals surface area contributed by atoms with E-state index < -0.39 is 24.4 Å². The van der Waals surface area contributed by atoms with E-state index in [2.05, 4.69) is 31.2 Å². The highest BCUT2D eigenvalue weighted by atomic mass is 19.1. The van der Waals surface area contributed by atoms with E-state index in [1.165, 1.54) is 0 Å². The molecule has 5 rings (SSSR count). The fourth-order valence-corrected chi connectivity index (χ4v) is 5.96. The highest BCUT2D eigenvalue weighted by Gasteiger charge is 2.48. The average molecular weight is 459 g/mol. The van der Waals surface area contributed by atoms with Crippen LogP contribution in [0.15, 0.2) is 0 Å². The highest BCUT2D eigenvalue weighted by Crippen LogP contribution is 2.24. The summed E-state index contributed by atoms with van der Waals surface area (Å²) in [4.78, 5) is 17.9. The Morgan fingerprint density at radius 3 is 2.62 bits per heavy atom. The van der Waals surface area contributed by atoms with Gasteiger partial charge in [-0.05, 0) is 6.42 Å². The van der Waals surface area contributed by atoms with Crippen molar-refractivity contribution in [2.45, 2.75) is 49.2 Å². The molecular formula is C20H36F2N8O2. The predicted molar refractivity (Wildman–Crippen MR) is 114 cm³/mol. The number of hydrazine groups is 1. The molecular weight excluding hydrogens is 422 g/mol. The van der Waals surface area contributed by atoms with Crippen molar-refractivity contribution in [3.8, 4) is 0 Å². The van der Waals surface area contributed by atoms with E-state index in [1.54, 1.807) is 5.01 Å². The molecule has 10 nitrogen and oxygen atoms in total. The number of carbonyl (C=O) groups is 1. The molecule has 12 heteroatoms. The molecule has 0 bridgehead atoms. The smallest absolute Gasteiger partial charge is 0.229 e. The first-order chi connectivity index (χ1) is 15.5. The lowest BCUT2D eigenvalue weighted by Gasteiger charge is -2.47. The zero-order chi connectivity index (χ0) is 22.2. The molecule has 5 saturated heterocycles. The Hall–Kier alpha value is -0.990. The van der Waals surface area contributed by atoms with Gasteiger partial charge in [0.05, 0.1) is 36.9 Å². The summed E-state index contributed by atoms with van der Waals surface area (Å²) in [6, 6.07) is -0.266. The topological polar surface area (TPSA) is 110 Å². The third-order valence-corrected chi connectivity index (χ3v) is 7.63. The van der Waals surface area contributed by atoms with Crippen molar-refractivity contribution < 1.29 is 18.3 Å². The third kappa shape index (κ3) is 4.51. The van der Waals surface area contributed by atoms with Gasteiger partial charge in [-0.2, -0.15) is 0 Å². The van der Waals surface area contributed by atoms with Crippen LogP contribution in [0.2, 0.25) is 0 Å². The molecule has 0 aromatic heterocycles. The number of hydrogen-bond acceptors (Lipinski definition) is 9. The number of alkyl halides is 2. The van der Waals surface area contributed by atoms with Crippen LogP contribution in [0.1, 0.15) is 6.42 Å². The van der Waals surface area contributed by atoms with Crippen molar-refractivity contribution in [1.29, 1.82) is 0 Å². The second-order valence-corrected chi connectivity index (χ2v) is 9.65. The van der Waals surface area contributed by atoms with E-state index in [0.717, 1.165) is 45.8 Å². The maximum Gasteiger partial charge on any atom is 0.229 e. The van der Waals surface area contributed by atoms with Crippen LogP contribution in [0, 0.1) is 5.92 Å². The van der Waals surface area contributed by atoms with Gasteiger partial charge in [-0.1, -0.05) is 0 Å². The number of ether oxygens (including phenoxy) is 1. The van der Waals surface area contributed by atoms with Gasteiger partial charge in [0.2, 0.25) is 5.91 Å². The summed E-state index contributed by atoms with van der Waals surface area (Å²) < 4.78 is 34.3. The Bertz CT molecular complexity index is 664. The Kier molecular flexibility index (Phi) is 6.91. The lowest BCUT2D eigenvalue weighted by Crippen LogP contribution is -2.68. The zero-order valence-electron chi connectivity index (χ0n) is 18.4. The van der Waals surface area contributed by atoms with Crippen LogP contribution < -0.4 is 27.1 Å². The van der Waals surface area contributed by atoms with Crippen LogP contribution in [0.3, 0.4) is 0 Å². The summed E-state index contributed by atoms with van der Waals surface area (Å²) in [5.41, 5.74) is 9.18. The van der Waals surface area contributed by atoms with Crippen LogP contribution >= 0.6 is 0 Å². The maximum atomic E-state index is 15.1. The number of nitrogens with two attached hydrogens (primary N) is 1. The second kappa shape index (κ2) is 9.71. The molecule has 0 spiro atoms. The normalized spacial score (nSPS) is 44.5. The van der Waals surface area contributed by atoms with E-state index in [0.29, 0.717) is 12.6 Å². The van der Waals surface area contributed by atoms with Crippen LogP contribution in [0.4, 0.5) is 8.78 Å². The number of piperazine rings is 1. The van der Waals surface area contributed by atoms with Crippen LogP contribution in [0.25, 0.3) is 0 Å². The third-order valence-electron chi connectivity index (χ3n) is 7.63. The van der Waals surface area contributed by atoms with Gasteiger partial charge < -0.3 is 21.1 Å². The van der Waals surface area contributed by atoms with Crippen molar-refractivity contribution in [1.82, 2.24) is 36.2 Å². The lowest BCUT2D eigenvalue weighted by molar-refractivity contribution is -0.128. The molecule has 0 aliphatic carbocycles. The number of halogens is 2. The summed E-state index contributed by atoms with van der Waals surface area (Å²) in [7, 11) is 0. The Morgan fingerprint density at radius 1 is 1.09 bits per heavy atom. The lowest BCUT2D eigenvalue weighted by atomic mass is 9.94. The molecule has 6 N–H and O–H groups in total. The molecule has 0 saturated carbocycles. The van der Waals surface area contributed by atoms with Gasteiger partial charge in [0.25, 0.3) is 0 Å². The van der Waals surface area contributed by atoms with E-state index in [1.807, 2.05) is 0 Å². The van der Waals surface area contributed by atoms with Gasteiger partial charge in [-0.3, -0.25) is 19.9 Å². The van der Waals surface area contributed by atoms with E-state index in [4.69, 9.17) is 10.5 Å². The number of piperidine rings is 1. The van der Waals surface area contributed by atoms with Gasteiger partial charge in [0.15, 0.2) is 0 Å². The number of nitrogens with one attached hydrogen (secondary N) is 4. The largest absolute Gasteiger partial charge is 0.380 e. The van der Waals surface area contributed by atoms with Crippen molar-refractivity contribution in [2.24, 2.45) is 11.7 Å². The van der Waals surface area contributed by atoms with Gasteiger partial charge in [-0.15, -0.1) is 0 Å². The Balaban J connectivity index is 1.22. The molecule has 182 valence electrons. The first-order valence-electron chi connectivity index (χ1n) is 11.9. The quantitative estimate of drug-likeness (QED) is 0.305. The standard InChI is InChI=1S/C20H36F2N8O2/c21-12-7-25-19-16(18(23)27-30(19)10-12)20(31)26-15-9-24-8-14(22)17(15)29-4-2-28(3-5-29)13-1-6-32-11-13/h12-19,24-25,27H,1-11,23H2,(H,26,31)/t12?,13-,14?,15?,16?,17?,18?,19?/m0/s1. The second-order valence-electron chi connectivity index (χ2n) is 9.65. The van der Waals surface area contributed by atoms with Crippen molar-refractivity contribution in [3.63, 3.8) is 0 Å². The number of amides is 1. The molecule has 0 radical (unpaired) electrons. The monoisotopic (exact) mass is 458 g/mol. The molecule has 8 atom stereocenters. The van der Waals surface area contributed by atoms with Gasteiger partial charge in [0, 0.05) is 65.0 Å². The van der Waals surface area contributed by atoms with Crippen molar-refractivity contribution in [3.05, 3.63) is 0 Å². The number of hydrogen-bond donors (Lipinski definition) is 5. The minimum Gasteiger partial charge on any atom is -0.380 e. The Morgan fingerprint density at radius 2 is 1.88 bits per heavy atom.